The van der Waals surface area contributed by atoms with Gasteiger partial charge in [0.05, 0.1) is 13.2 Å². The molecule has 1 atom stereocenters. The first-order valence-electron chi connectivity index (χ1n) is 9.54. The van der Waals surface area contributed by atoms with E-state index in [1.807, 2.05) is 6.07 Å². The second kappa shape index (κ2) is 10.3. The van der Waals surface area contributed by atoms with Crippen LogP contribution in [0.5, 0.6) is 5.75 Å². The minimum atomic E-state index is 0.293. The normalized spacial score (nSPS) is 16.9. The SMILES string of the molecule is CCNC(=NCC(C)C)NCC(c1ccccc1OC)N1CCCC1. The van der Waals surface area contributed by atoms with Crippen molar-refractivity contribution in [3.05, 3.63) is 29.8 Å². The first-order chi connectivity index (χ1) is 12.2. The van der Waals surface area contributed by atoms with Crippen molar-refractivity contribution in [1.29, 1.82) is 0 Å². The summed E-state index contributed by atoms with van der Waals surface area (Å²) >= 11 is 0. The summed E-state index contributed by atoms with van der Waals surface area (Å²) in [4.78, 5) is 7.24. The summed E-state index contributed by atoms with van der Waals surface area (Å²) in [5.74, 6) is 2.42. The lowest BCUT2D eigenvalue weighted by atomic mass is 10.0. The van der Waals surface area contributed by atoms with Gasteiger partial charge in [-0.05, 0) is 44.8 Å². The Kier molecular flexibility index (Phi) is 8.06. The number of para-hydroxylation sites is 1. The standard InChI is InChI=1S/C20H34N4O/c1-5-21-20(22-14-16(2)3)23-15-18(24-12-8-9-13-24)17-10-6-7-11-19(17)25-4/h6-7,10-11,16,18H,5,8-9,12-15H2,1-4H3,(H2,21,22,23). The van der Waals surface area contributed by atoms with Gasteiger partial charge in [0.1, 0.15) is 5.75 Å². The second-order valence-electron chi connectivity index (χ2n) is 7.00. The second-order valence-corrected chi connectivity index (χ2v) is 7.00. The lowest BCUT2D eigenvalue weighted by Gasteiger charge is -2.30. The molecule has 1 fully saturated rings. The number of rotatable bonds is 8. The maximum absolute atomic E-state index is 5.62. The molecule has 5 heteroatoms. The molecule has 0 radical (unpaired) electrons. The highest BCUT2D eigenvalue weighted by atomic mass is 16.5. The molecule has 1 saturated heterocycles. The van der Waals surface area contributed by atoms with Crippen molar-refractivity contribution < 1.29 is 4.74 Å². The number of hydrogen-bond acceptors (Lipinski definition) is 3. The molecule has 0 amide bonds. The largest absolute Gasteiger partial charge is 0.496 e. The van der Waals surface area contributed by atoms with Crippen LogP contribution in [0.4, 0.5) is 0 Å². The van der Waals surface area contributed by atoms with Crippen molar-refractivity contribution in [2.24, 2.45) is 10.9 Å². The smallest absolute Gasteiger partial charge is 0.191 e. The molecule has 1 aliphatic rings. The summed E-state index contributed by atoms with van der Waals surface area (Å²) in [5.41, 5.74) is 1.25. The molecule has 1 aliphatic heterocycles. The van der Waals surface area contributed by atoms with Crippen molar-refractivity contribution in [2.75, 3.05) is 39.8 Å². The van der Waals surface area contributed by atoms with Crippen LogP contribution in [0, 0.1) is 5.92 Å². The van der Waals surface area contributed by atoms with E-state index in [1.54, 1.807) is 7.11 Å². The number of guanidine groups is 1. The highest BCUT2D eigenvalue weighted by molar-refractivity contribution is 5.79. The summed E-state index contributed by atoms with van der Waals surface area (Å²) in [6.07, 6.45) is 2.54. The molecule has 2 rings (SSSR count). The number of nitrogens with zero attached hydrogens (tertiary/aromatic N) is 2. The van der Waals surface area contributed by atoms with Crippen LogP contribution >= 0.6 is 0 Å². The third-order valence-corrected chi connectivity index (χ3v) is 4.50. The summed E-state index contributed by atoms with van der Waals surface area (Å²) in [6.45, 7) is 11.3. The molecule has 5 nitrogen and oxygen atoms in total. The Morgan fingerprint density at radius 1 is 1.20 bits per heavy atom. The van der Waals surface area contributed by atoms with E-state index in [9.17, 15) is 0 Å². The summed E-state index contributed by atoms with van der Waals surface area (Å²) in [6, 6.07) is 8.66. The van der Waals surface area contributed by atoms with Crippen molar-refractivity contribution in [2.45, 2.75) is 39.7 Å². The third-order valence-electron chi connectivity index (χ3n) is 4.50. The molecule has 0 bridgehead atoms. The van der Waals surface area contributed by atoms with Gasteiger partial charge in [-0.25, -0.2) is 0 Å². The Bertz CT molecular complexity index is 538. The van der Waals surface area contributed by atoms with Crippen LogP contribution < -0.4 is 15.4 Å². The molecule has 1 heterocycles. The monoisotopic (exact) mass is 346 g/mol. The Balaban J connectivity index is 2.14. The zero-order valence-electron chi connectivity index (χ0n) is 16.2. The Morgan fingerprint density at radius 2 is 1.92 bits per heavy atom. The topological polar surface area (TPSA) is 48.9 Å². The predicted octanol–water partition coefficient (Wildman–Crippen LogP) is 3.04. The molecule has 1 aromatic rings. The highest BCUT2D eigenvalue weighted by Gasteiger charge is 2.25. The third kappa shape index (κ3) is 5.92. The van der Waals surface area contributed by atoms with E-state index in [1.165, 1.54) is 18.4 Å². The van der Waals surface area contributed by atoms with Crippen molar-refractivity contribution in [1.82, 2.24) is 15.5 Å². The average molecular weight is 347 g/mol. The molecule has 0 saturated carbocycles. The van der Waals surface area contributed by atoms with Gasteiger partial charge in [-0.2, -0.15) is 0 Å². The minimum absolute atomic E-state index is 0.293. The minimum Gasteiger partial charge on any atom is -0.496 e. The van der Waals surface area contributed by atoms with Gasteiger partial charge in [0, 0.05) is 25.2 Å². The lowest BCUT2D eigenvalue weighted by molar-refractivity contribution is 0.239. The van der Waals surface area contributed by atoms with Crippen molar-refractivity contribution in [3.63, 3.8) is 0 Å². The summed E-state index contributed by atoms with van der Waals surface area (Å²) < 4.78 is 5.62. The van der Waals surface area contributed by atoms with Gasteiger partial charge in [0.15, 0.2) is 5.96 Å². The van der Waals surface area contributed by atoms with Gasteiger partial charge < -0.3 is 15.4 Å². The van der Waals surface area contributed by atoms with E-state index in [-0.39, 0.29) is 0 Å². The van der Waals surface area contributed by atoms with Gasteiger partial charge in [0.25, 0.3) is 0 Å². The molecule has 25 heavy (non-hydrogen) atoms. The van der Waals surface area contributed by atoms with Crippen LogP contribution in [0.2, 0.25) is 0 Å². The first kappa shape index (κ1) is 19.6. The fraction of sp³-hybridized carbons (Fsp3) is 0.650. The van der Waals surface area contributed by atoms with Gasteiger partial charge in [-0.15, -0.1) is 0 Å². The van der Waals surface area contributed by atoms with Crippen LogP contribution in [-0.4, -0.2) is 50.7 Å². The fourth-order valence-electron chi connectivity index (χ4n) is 3.24. The summed E-state index contributed by atoms with van der Waals surface area (Å²) in [5, 5.41) is 6.90. The van der Waals surface area contributed by atoms with Crippen molar-refractivity contribution >= 4 is 5.96 Å². The number of benzene rings is 1. The van der Waals surface area contributed by atoms with E-state index in [0.29, 0.717) is 12.0 Å². The highest BCUT2D eigenvalue weighted by Crippen LogP contribution is 2.31. The fourth-order valence-corrected chi connectivity index (χ4v) is 3.24. The Labute approximate surface area is 152 Å². The van der Waals surface area contributed by atoms with E-state index in [2.05, 4.69) is 54.5 Å². The zero-order valence-corrected chi connectivity index (χ0v) is 16.2. The number of likely N-dealkylation sites (tertiary alicyclic amines) is 1. The van der Waals surface area contributed by atoms with Gasteiger partial charge >= 0.3 is 0 Å². The van der Waals surface area contributed by atoms with E-state index < -0.39 is 0 Å². The first-order valence-corrected chi connectivity index (χ1v) is 9.54. The molecule has 140 valence electrons. The molecule has 0 aliphatic carbocycles. The molecule has 0 aromatic heterocycles. The number of methoxy groups -OCH3 is 1. The Morgan fingerprint density at radius 3 is 2.56 bits per heavy atom. The maximum Gasteiger partial charge on any atom is 0.191 e. The molecule has 0 spiro atoms. The van der Waals surface area contributed by atoms with Gasteiger partial charge in [-0.3, -0.25) is 9.89 Å². The van der Waals surface area contributed by atoms with E-state index >= 15 is 0 Å². The lowest BCUT2D eigenvalue weighted by Crippen LogP contribution is -2.43. The molecular weight excluding hydrogens is 312 g/mol. The van der Waals surface area contributed by atoms with E-state index in [0.717, 1.165) is 44.4 Å². The Hall–Kier alpha value is -1.75. The zero-order chi connectivity index (χ0) is 18.1. The van der Waals surface area contributed by atoms with Crippen LogP contribution in [0.15, 0.2) is 29.3 Å². The van der Waals surface area contributed by atoms with Crippen LogP contribution in [0.3, 0.4) is 0 Å². The molecular formula is C20H34N4O. The van der Waals surface area contributed by atoms with Crippen LogP contribution in [-0.2, 0) is 0 Å². The number of hydrogen-bond donors (Lipinski definition) is 2. The molecule has 2 N–H and O–H groups in total. The molecule has 1 unspecified atom stereocenters. The number of nitrogens with one attached hydrogen (secondary N) is 2. The molecule has 1 aromatic carbocycles. The van der Waals surface area contributed by atoms with Crippen molar-refractivity contribution in [3.8, 4) is 5.75 Å². The maximum atomic E-state index is 5.62. The van der Waals surface area contributed by atoms with Crippen LogP contribution in [0.1, 0.15) is 45.2 Å². The summed E-state index contributed by atoms with van der Waals surface area (Å²) in [7, 11) is 1.75. The van der Waals surface area contributed by atoms with Gasteiger partial charge in [0.2, 0.25) is 0 Å². The quantitative estimate of drug-likeness (QED) is 0.561. The average Bonchev–Trinajstić information content (AvgIpc) is 3.14. The van der Waals surface area contributed by atoms with Crippen LogP contribution in [0.25, 0.3) is 0 Å². The van der Waals surface area contributed by atoms with Gasteiger partial charge in [-0.1, -0.05) is 32.0 Å². The van der Waals surface area contributed by atoms with E-state index in [4.69, 9.17) is 9.73 Å². The predicted molar refractivity (Wildman–Crippen MR) is 105 cm³/mol. The number of ether oxygens (including phenoxy) is 1. The number of aliphatic imine (C=N–C) groups is 1.